The third kappa shape index (κ3) is 9.49. The second-order valence-electron chi connectivity index (χ2n) is 8.29. The van der Waals surface area contributed by atoms with E-state index in [1.165, 1.54) is 12.1 Å². The zero-order valence-electron chi connectivity index (χ0n) is 18.6. The molecule has 2 rings (SSSR count). The predicted octanol–water partition coefficient (Wildman–Crippen LogP) is 5.63. The lowest BCUT2D eigenvalue weighted by Crippen LogP contribution is -2.22. The van der Waals surface area contributed by atoms with E-state index < -0.39 is 23.6 Å². The van der Waals surface area contributed by atoms with Crippen LogP contribution in [0.4, 0.5) is 11.4 Å². The van der Waals surface area contributed by atoms with Gasteiger partial charge in [0, 0.05) is 20.6 Å². The summed E-state index contributed by atoms with van der Waals surface area (Å²) in [6, 6.07) is 10.9. The summed E-state index contributed by atoms with van der Waals surface area (Å²) in [6.07, 6.45) is 0.821. The number of carbonyl (C=O) groups excluding carboxylic acids is 1. The second kappa shape index (κ2) is 12.2. The Labute approximate surface area is 196 Å². The Balaban J connectivity index is 1.77. The van der Waals surface area contributed by atoms with Crippen molar-refractivity contribution in [3.8, 4) is 11.5 Å². The molecule has 0 aromatic heterocycles. The molecule has 0 saturated carbocycles. The SMILES string of the molecule is C[Si](C)(C)CCOC(=O)CCCOc1ccc(OSc2ccc([N+](=O)[O-])cc2[N+](=O)[O-])cc1. The van der Waals surface area contributed by atoms with Crippen LogP contribution in [-0.2, 0) is 9.53 Å². The molecule has 0 bridgehead atoms. The molecular weight excluding hydrogens is 468 g/mol. The van der Waals surface area contributed by atoms with Gasteiger partial charge in [0.05, 0.1) is 41.2 Å². The molecule has 2 aromatic carbocycles. The van der Waals surface area contributed by atoms with E-state index in [-0.39, 0.29) is 23.0 Å². The van der Waals surface area contributed by atoms with Crippen molar-refractivity contribution in [3.63, 3.8) is 0 Å². The molecular formula is C21H26N2O8SSi. The first-order chi connectivity index (χ1) is 15.5. The molecule has 0 heterocycles. The Kier molecular flexibility index (Phi) is 9.67. The molecule has 0 amide bonds. The lowest BCUT2D eigenvalue weighted by atomic mass is 10.3. The van der Waals surface area contributed by atoms with E-state index >= 15 is 0 Å². The summed E-state index contributed by atoms with van der Waals surface area (Å²) < 4.78 is 16.3. The van der Waals surface area contributed by atoms with Crippen LogP contribution in [0.15, 0.2) is 47.4 Å². The average Bonchev–Trinajstić information content (AvgIpc) is 2.75. The molecule has 0 fully saturated rings. The van der Waals surface area contributed by atoms with Crippen LogP contribution in [-0.4, -0.2) is 37.1 Å². The van der Waals surface area contributed by atoms with E-state index in [1.807, 2.05) is 0 Å². The van der Waals surface area contributed by atoms with Gasteiger partial charge in [-0.15, -0.1) is 0 Å². The van der Waals surface area contributed by atoms with E-state index in [9.17, 15) is 25.0 Å². The quantitative estimate of drug-likeness (QED) is 0.0867. The van der Waals surface area contributed by atoms with E-state index in [4.69, 9.17) is 13.7 Å². The van der Waals surface area contributed by atoms with Crippen molar-refractivity contribution in [3.05, 3.63) is 62.7 Å². The van der Waals surface area contributed by atoms with Crippen LogP contribution in [0, 0.1) is 20.2 Å². The average molecular weight is 495 g/mol. The van der Waals surface area contributed by atoms with E-state index in [2.05, 4.69) is 19.6 Å². The van der Waals surface area contributed by atoms with Crippen LogP contribution in [0.3, 0.4) is 0 Å². The largest absolute Gasteiger partial charge is 0.494 e. The van der Waals surface area contributed by atoms with Crippen molar-refractivity contribution in [1.82, 2.24) is 0 Å². The number of hydrogen-bond donors (Lipinski definition) is 0. The second-order valence-corrected chi connectivity index (χ2v) is 14.7. The molecule has 0 unspecified atom stereocenters. The monoisotopic (exact) mass is 494 g/mol. The summed E-state index contributed by atoms with van der Waals surface area (Å²) in [6.45, 7) is 7.50. The topological polar surface area (TPSA) is 131 Å². The molecule has 0 aliphatic carbocycles. The number of benzene rings is 2. The number of rotatable bonds is 13. The first kappa shape index (κ1) is 26.1. The summed E-state index contributed by atoms with van der Waals surface area (Å²) in [5, 5.41) is 22.0. The number of hydrogen-bond acceptors (Lipinski definition) is 9. The highest BCUT2D eigenvalue weighted by atomic mass is 32.2. The standard InChI is InChI=1S/C21H26N2O8SSi/c1-33(2,3)14-13-30-21(24)5-4-12-29-17-7-9-18(10-8-17)31-32-20-11-6-16(22(25)26)15-19(20)23(27)28/h6-11,15H,4-5,12-14H2,1-3H3. The molecule has 0 aliphatic rings. The number of non-ortho nitro benzene ring substituents is 1. The van der Waals surface area contributed by atoms with Crippen molar-refractivity contribution < 1.29 is 28.3 Å². The Bertz CT molecular complexity index is 979. The Morgan fingerprint density at radius 3 is 2.24 bits per heavy atom. The van der Waals surface area contributed by atoms with Crippen molar-refractivity contribution in [2.24, 2.45) is 0 Å². The lowest BCUT2D eigenvalue weighted by molar-refractivity contribution is -0.396. The number of nitrogens with zero attached hydrogens (tertiary/aromatic N) is 2. The first-order valence-electron chi connectivity index (χ1n) is 10.2. The van der Waals surface area contributed by atoms with Gasteiger partial charge in [0.25, 0.3) is 11.4 Å². The van der Waals surface area contributed by atoms with Crippen molar-refractivity contribution >= 4 is 37.5 Å². The number of carbonyl (C=O) groups is 1. The Morgan fingerprint density at radius 2 is 1.64 bits per heavy atom. The smallest absolute Gasteiger partial charge is 0.305 e. The fourth-order valence-corrected chi connectivity index (χ4v) is 3.82. The first-order valence-corrected chi connectivity index (χ1v) is 14.7. The van der Waals surface area contributed by atoms with Gasteiger partial charge in [-0.1, -0.05) is 19.6 Å². The number of esters is 1. The zero-order valence-corrected chi connectivity index (χ0v) is 20.5. The van der Waals surface area contributed by atoms with Gasteiger partial charge in [-0.3, -0.25) is 25.0 Å². The van der Waals surface area contributed by atoms with Gasteiger partial charge in [0.1, 0.15) is 16.4 Å². The van der Waals surface area contributed by atoms with Gasteiger partial charge in [-0.2, -0.15) is 0 Å². The Morgan fingerprint density at radius 1 is 0.970 bits per heavy atom. The zero-order chi connectivity index (χ0) is 24.4. The van der Waals surface area contributed by atoms with Crippen LogP contribution in [0.25, 0.3) is 0 Å². The summed E-state index contributed by atoms with van der Waals surface area (Å²) in [7, 11) is -1.22. The van der Waals surface area contributed by atoms with E-state index in [0.717, 1.165) is 24.2 Å². The van der Waals surface area contributed by atoms with Crippen LogP contribution in [0.5, 0.6) is 11.5 Å². The van der Waals surface area contributed by atoms with Gasteiger partial charge >= 0.3 is 5.97 Å². The van der Waals surface area contributed by atoms with Crippen molar-refractivity contribution in [2.45, 2.75) is 43.4 Å². The highest BCUT2D eigenvalue weighted by Crippen LogP contribution is 2.34. The molecule has 2 aromatic rings. The summed E-state index contributed by atoms with van der Waals surface area (Å²) in [5.74, 6) is 0.782. The van der Waals surface area contributed by atoms with Crippen molar-refractivity contribution in [2.75, 3.05) is 13.2 Å². The van der Waals surface area contributed by atoms with Gasteiger partial charge in [0.15, 0.2) is 0 Å². The maximum absolute atomic E-state index is 11.7. The number of ether oxygens (including phenoxy) is 2. The van der Waals surface area contributed by atoms with Crippen LogP contribution >= 0.6 is 12.0 Å². The molecule has 0 spiro atoms. The minimum absolute atomic E-state index is 0.141. The number of nitro benzene ring substituents is 2. The molecule has 0 atom stereocenters. The maximum atomic E-state index is 11.7. The highest BCUT2D eigenvalue weighted by Gasteiger charge is 2.21. The molecule has 12 heteroatoms. The molecule has 0 aliphatic heterocycles. The Hall–Kier alpha value is -3.12. The van der Waals surface area contributed by atoms with Gasteiger partial charge in [-0.25, -0.2) is 0 Å². The molecule has 10 nitrogen and oxygen atoms in total. The summed E-state index contributed by atoms with van der Waals surface area (Å²) >= 11 is 0.733. The van der Waals surface area contributed by atoms with E-state index in [0.29, 0.717) is 31.1 Å². The third-order valence-corrected chi connectivity index (χ3v) is 6.82. The molecule has 33 heavy (non-hydrogen) atoms. The normalized spacial score (nSPS) is 11.0. The van der Waals surface area contributed by atoms with E-state index in [1.54, 1.807) is 24.3 Å². The van der Waals surface area contributed by atoms with Gasteiger partial charge < -0.3 is 13.7 Å². The predicted molar refractivity (Wildman–Crippen MR) is 127 cm³/mol. The van der Waals surface area contributed by atoms with Crippen LogP contribution < -0.4 is 8.92 Å². The highest BCUT2D eigenvalue weighted by molar-refractivity contribution is 7.95. The minimum atomic E-state index is -1.22. The van der Waals surface area contributed by atoms with Crippen LogP contribution in [0.1, 0.15) is 12.8 Å². The fourth-order valence-electron chi connectivity index (χ4n) is 2.47. The fraction of sp³-hybridized carbons (Fsp3) is 0.381. The summed E-state index contributed by atoms with van der Waals surface area (Å²) in [4.78, 5) is 32.5. The lowest BCUT2D eigenvalue weighted by Gasteiger charge is -2.15. The molecule has 0 saturated heterocycles. The van der Waals surface area contributed by atoms with Crippen molar-refractivity contribution in [1.29, 1.82) is 0 Å². The third-order valence-electron chi connectivity index (χ3n) is 4.31. The van der Waals surface area contributed by atoms with Gasteiger partial charge in [0.2, 0.25) is 0 Å². The number of nitro groups is 2. The molecule has 0 radical (unpaired) electrons. The molecule has 178 valence electrons. The molecule has 0 N–H and O–H groups in total. The minimum Gasteiger partial charge on any atom is -0.494 e. The van der Waals surface area contributed by atoms with Gasteiger partial charge in [-0.05, 0) is 42.8 Å². The maximum Gasteiger partial charge on any atom is 0.305 e. The van der Waals surface area contributed by atoms with Crippen LogP contribution in [0.2, 0.25) is 25.7 Å². The summed E-state index contributed by atoms with van der Waals surface area (Å²) in [5.41, 5.74) is -0.777.